The molecule has 0 amide bonds. The second-order valence-electron chi connectivity index (χ2n) is 17.1. The Morgan fingerprint density at radius 1 is 0.400 bits per heavy atom. The normalized spacial score (nSPS) is 17.8. The van der Waals surface area contributed by atoms with Gasteiger partial charge in [-0.15, -0.1) is 0 Å². The van der Waals surface area contributed by atoms with E-state index in [0.717, 1.165) is 0 Å². The van der Waals surface area contributed by atoms with E-state index in [2.05, 4.69) is 186 Å². The van der Waals surface area contributed by atoms with E-state index in [1.807, 2.05) is 0 Å². The Morgan fingerprint density at radius 3 is 1.84 bits per heavy atom. The third-order valence-electron chi connectivity index (χ3n) is 14.0. The van der Waals surface area contributed by atoms with Gasteiger partial charge in [0, 0.05) is 38.3 Å². The summed E-state index contributed by atoms with van der Waals surface area (Å²) in [5, 5.41) is 5.32. The summed E-state index contributed by atoms with van der Waals surface area (Å²) < 4.78 is 5.00. The molecule has 0 N–H and O–H groups in total. The highest BCUT2D eigenvalue weighted by atomic mass is 15.0. The summed E-state index contributed by atoms with van der Waals surface area (Å²) in [6.07, 6.45) is 0. The molecule has 0 bridgehead atoms. The van der Waals surface area contributed by atoms with Gasteiger partial charge in [-0.05, 0) is 104 Å². The molecule has 0 saturated carbocycles. The first-order chi connectivity index (χ1) is 23.9. The van der Waals surface area contributed by atoms with Crippen LogP contribution in [0, 0.1) is 5.41 Å². The van der Waals surface area contributed by atoms with Crippen molar-refractivity contribution in [1.82, 2.24) is 9.13 Å². The zero-order chi connectivity index (χ0) is 34.5. The molecule has 2 nitrogen and oxygen atoms in total. The van der Waals surface area contributed by atoms with E-state index in [4.69, 9.17) is 0 Å². The van der Waals surface area contributed by atoms with E-state index < -0.39 is 0 Å². The minimum Gasteiger partial charge on any atom is -0.309 e. The lowest BCUT2D eigenvalue weighted by atomic mass is 9.59. The van der Waals surface area contributed by atoms with Crippen LogP contribution in [0.1, 0.15) is 77.6 Å². The molecule has 0 atom stereocenters. The van der Waals surface area contributed by atoms with E-state index in [-0.39, 0.29) is 21.7 Å². The first-order valence-electron chi connectivity index (χ1n) is 18.2. The van der Waals surface area contributed by atoms with Gasteiger partial charge in [0.15, 0.2) is 0 Å². The van der Waals surface area contributed by atoms with Crippen molar-refractivity contribution in [3.63, 3.8) is 0 Å². The van der Waals surface area contributed by atoms with Crippen molar-refractivity contribution < 1.29 is 0 Å². The first-order valence-corrected chi connectivity index (χ1v) is 18.2. The highest BCUT2D eigenvalue weighted by Crippen LogP contribution is 2.63. The molecule has 0 spiro atoms. The standard InChI is InChI=1S/C48H44N2/c1-45(2)36-20-14-12-18-31(36)33-27-35-34-26-30(22-24-40(34)49(42(35)28-38(33)45)29-16-10-9-11-17-29)50-39-21-15-13-19-32(39)43-41(50)25-23-37-44(43)47(5,6)48(7,8)46(37,3)4/h9-28H,1-8H3. The van der Waals surface area contributed by atoms with Gasteiger partial charge in [0.25, 0.3) is 0 Å². The molecular formula is C48H44N2. The van der Waals surface area contributed by atoms with Crippen molar-refractivity contribution in [1.29, 1.82) is 0 Å². The minimum absolute atomic E-state index is 0.00218. The second-order valence-corrected chi connectivity index (χ2v) is 17.1. The molecule has 0 saturated heterocycles. The molecular weight excluding hydrogens is 605 g/mol. The zero-order valence-electron chi connectivity index (χ0n) is 30.4. The lowest BCUT2D eigenvalue weighted by molar-refractivity contribution is 0.125. The highest BCUT2D eigenvalue weighted by Gasteiger charge is 2.57. The average molecular weight is 649 g/mol. The van der Waals surface area contributed by atoms with Gasteiger partial charge in [-0.2, -0.15) is 0 Å². The number of nitrogens with zero attached hydrogens (tertiary/aromatic N) is 2. The van der Waals surface area contributed by atoms with Crippen LogP contribution < -0.4 is 0 Å². The fraction of sp³-hybridized carbons (Fsp3) is 0.250. The summed E-state index contributed by atoms with van der Waals surface area (Å²) in [4.78, 5) is 0. The number of para-hydroxylation sites is 2. The molecule has 246 valence electrons. The first kappa shape index (κ1) is 29.8. The van der Waals surface area contributed by atoms with Crippen LogP contribution in [0.5, 0.6) is 0 Å². The molecule has 0 unspecified atom stereocenters. The molecule has 2 aliphatic rings. The summed E-state index contributed by atoms with van der Waals surface area (Å²) in [5.74, 6) is 0. The number of fused-ring (bicyclic) bond motifs is 11. The fourth-order valence-electron chi connectivity index (χ4n) is 10.1. The second kappa shape index (κ2) is 9.37. The van der Waals surface area contributed by atoms with Gasteiger partial charge >= 0.3 is 0 Å². The van der Waals surface area contributed by atoms with Crippen molar-refractivity contribution in [2.24, 2.45) is 5.41 Å². The third-order valence-corrected chi connectivity index (χ3v) is 14.0. The SMILES string of the molecule is CC1(C)c2ccccc2-c2cc3c4cc(-n5c6ccccc6c6c7c(ccc65)C(C)(C)C(C)(C)C7(C)C)ccc4n(-c4ccccc4)c3cc21. The van der Waals surface area contributed by atoms with Gasteiger partial charge in [0.05, 0.1) is 22.1 Å². The molecule has 6 aromatic carbocycles. The van der Waals surface area contributed by atoms with Gasteiger partial charge in [-0.3, -0.25) is 0 Å². The van der Waals surface area contributed by atoms with E-state index in [9.17, 15) is 0 Å². The maximum absolute atomic E-state index is 2.52. The topological polar surface area (TPSA) is 9.86 Å². The monoisotopic (exact) mass is 648 g/mol. The Bertz CT molecular complexity index is 2740. The van der Waals surface area contributed by atoms with Crippen LogP contribution in [-0.2, 0) is 16.2 Å². The fourth-order valence-corrected chi connectivity index (χ4v) is 10.1. The molecule has 0 fully saturated rings. The molecule has 50 heavy (non-hydrogen) atoms. The quantitative estimate of drug-likeness (QED) is 0.177. The Hall–Kier alpha value is -5.08. The Kier molecular flexibility index (Phi) is 5.59. The van der Waals surface area contributed by atoms with Crippen LogP contribution in [-0.4, -0.2) is 9.13 Å². The molecule has 2 aromatic heterocycles. The van der Waals surface area contributed by atoms with Crippen molar-refractivity contribution in [3.8, 4) is 22.5 Å². The minimum atomic E-state index is -0.0661. The van der Waals surface area contributed by atoms with Crippen LogP contribution in [0.2, 0.25) is 0 Å². The van der Waals surface area contributed by atoms with E-state index in [0.29, 0.717) is 0 Å². The number of benzene rings is 6. The molecule has 8 aromatic rings. The van der Waals surface area contributed by atoms with Crippen molar-refractivity contribution in [2.75, 3.05) is 0 Å². The molecule has 2 heterocycles. The maximum atomic E-state index is 2.52. The highest BCUT2D eigenvalue weighted by molar-refractivity contribution is 6.14. The van der Waals surface area contributed by atoms with E-state index >= 15 is 0 Å². The van der Waals surface area contributed by atoms with Gasteiger partial charge in [0.2, 0.25) is 0 Å². The van der Waals surface area contributed by atoms with Gasteiger partial charge in [-0.25, -0.2) is 0 Å². The van der Waals surface area contributed by atoms with Crippen LogP contribution in [0.25, 0.3) is 66.1 Å². The molecule has 0 radical (unpaired) electrons. The number of hydrogen-bond acceptors (Lipinski definition) is 0. The number of aromatic nitrogens is 2. The Balaban J connectivity index is 1.31. The Morgan fingerprint density at radius 2 is 1.04 bits per heavy atom. The van der Waals surface area contributed by atoms with Crippen molar-refractivity contribution >= 4 is 43.6 Å². The number of hydrogen-bond donors (Lipinski definition) is 0. The molecule has 0 aliphatic heterocycles. The predicted molar refractivity (Wildman–Crippen MR) is 213 cm³/mol. The number of rotatable bonds is 2. The summed E-state index contributed by atoms with van der Waals surface area (Å²) in [6.45, 7) is 19.5. The Labute approximate surface area is 295 Å². The summed E-state index contributed by atoms with van der Waals surface area (Å²) in [5.41, 5.74) is 16.0. The lowest BCUT2D eigenvalue weighted by Crippen LogP contribution is -2.42. The predicted octanol–water partition coefficient (Wildman–Crippen LogP) is 12.8. The third kappa shape index (κ3) is 3.40. The maximum Gasteiger partial charge on any atom is 0.0544 e. The summed E-state index contributed by atoms with van der Waals surface area (Å²) in [6, 6.07) is 45.8. The van der Waals surface area contributed by atoms with Crippen molar-refractivity contribution in [2.45, 2.75) is 71.6 Å². The van der Waals surface area contributed by atoms with Crippen LogP contribution >= 0.6 is 0 Å². The average Bonchev–Trinajstić information content (AvgIpc) is 3.72. The van der Waals surface area contributed by atoms with Gasteiger partial charge < -0.3 is 9.13 Å². The molecule has 2 heteroatoms. The lowest BCUT2D eigenvalue weighted by Gasteiger charge is -2.44. The molecule has 2 aliphatic carbocycles. The van der Waals surface area contributed by atoms with Crippen LogP contribution in [0.4, 0.5) is 0 Å². The van der Waals surface area contributed by atoms with E-state index in [1.54, 1.807) is 0 Å². The van der Waals surface area contributed by atoms with Crippen LogP contribution in [0.15, 0.2) is 121 Å². The zero-order valence-corrected chi connectivity index (χ0v) is 30.4. The van der Waals surface area contributed by atoms with Crippen LogP contribution in [0.3, 0.4) is 0 Å². The summed E-state index contributed by atoms with van der Waals surface area (Å²) in [7, 11) is 0. The smallest absolute Gasteiger partial charge is 0.0544 e. The largest absolute Gasteiger partial charge is 0.309 e. The van der Waals surface area contributed by atoms with Gasteiger partial charge in [-0.1, -0.05) is 122 Å². The van der Waals surface area contributed by atoms with Crippen molar-refractivity contribution in [3.05, 3.63) is 144 Å². The summed E-state index contributed by atoms with van der Waals surface area (Å²) >= 11 is 0. The van der Waals surface area contributed by atoms with Gasteiger partial charge in [0.1, 0.15) is 0 Å². The molecule has 10 rings (SSSR count). The van der Waals surface area contributed by atoms with E-state index in [1.165, 1.54) is 88.4 Å².